The Bertz CT molecular complexity index is 5600. The zero-order valence-electron chi connectivity index (χ0n) is 64.6. The Labute approximate surface area is 708 Å². The van der Waals surface area contributed by atoms with E-state index in [0.29, 0.717) is 50.6 Å². The number of rotatable bonds is 30. The number of nitriles is 2. The van der Waals surface area contributed by atoms with Crippen molar-refractivity contribution in [2.24, 2.45) is 10.3 Å². The second-order valence-electron chi connectivity index (χ2n) is 25.4. The number of Topliss-reactive ketones (excluding diaryl/α,β-unsaturated/α-hetero) is 3. The highest BCUT2D eigenvalue weighted by atomic mass is 32.3. The van der Waals surface area contributed by atoms with E-state index in [4.69, 9.17) is 14.3 Å². The van der Waals surface area contributed by atoms with Crippen molar-refractivity contribution >= 4 is 141 Å². The van der Waals surface area contributed by atoms with Crippen molar-refractivity contribution in [2.45, 2.75) is 140 Å². The predicted octanol–water partition coefficient (Wildman–Crippen LogP) is 20.4. The summed E-state index contributed by atoms with van der Waals surface area (Å²) in [5, 5.41) is 28.1. The summed E-state index contributed by atoms with van der Waals surface area (Å²) < 4.78 is 195. The molecule has 10 rings (SSSR count). The molecule has 626 valence electrons. The summed E-state index contributed by atoms with van der Waals surface area (Å²) in [5.74, 6) is 0.741. The van der Waals surface area contributed by atoms with Gasteiger partial charge in [-0.15, -0.1) is 0 Å². The van der Waals surface area contributed by atoms with Gasteiger partial charge in [0.1, 0.15) is 27.8 Å². The zero-order valence-corrected chi connectivity index (χ0v) is 72.7. The van der Waals surface area contributed by atoms with Crippen LogP contribution < -0.4 is 4.74 Å². The van der Waals surface area contributed by atoms with Crippen molar-refractivity contribution in [3.05, 3.63) is 278 Å². The van der Waals surface area contributed by atoms with Gasteiger partial charge in [-0.3, -0.25) is 48.2 Å². The number of ether oxygens (including phenoxy) is 1. The van der Waals surface area contributed by atoms with Gasteiger partial charge in [0.05, 0.1) is 43.1 Å². The topological polar surface area (TPSA) is 322 Å². The van der Waals surface area contributed by atoms with Crippen LogP contribution >= 0.6 is 47.0 Å². The number of alkyl halides is 6. The van der Waals surface area contributed by atoms with Gasteiger partial charge < -0.3 is 4.74 Å². The van der Waals surface area contributed by atoms with Gasteiger partial charge in [0.25, 0.3) is 0 Å². The second-order valence-corrected chi connectivity index (χ2v) is 41.5. The molecule has 0 aliphatic carbocycles. The number of carbonyl (C=O) groups excluding carboxylic acids is 3. The van der Waals surface area contributed by atoms with Gasteiger partial charge in [0.15, 0.2) is 57.4 Å². The molecule has 0 radical (unpaired) electrons. The minimum absolute atomic E-state index is 0.0262. The molecule has 0 saturated heterocycles. The Morgan fingerprint density at radius 1 is 0.504 bits per heavy atom. The first-order valence-electron chi connectivity index (χ1n) is 35.3. The van der Waals surface area contributed by atoms with Crippen LogP contribution in [0.3, 0.4) is 0 Å². The predicted molar refractivity (Wildman–Crippen MR) is 452 cm³/mol. The lowest BCUT2D eigenvalue weighted by molar-refractivity contribution is -0.0450. The maximum atomic E-state index is 12.3. The van der Waals surface area contributed by atoms with Gasteiger partial charge in [-0.2, -0.15) is 53.7 Å². The molecule has 0 amide bonds. The van der Waals surface area contributed by atoms with Gasteiger partial charge in [-0.1, -0.05) is 175 Å². The van der Waals surface area contributed by atoms with E-state index in [-0.39, 0.29) is 44.6 Å². The second kappa shape index (κ2) is 43.5. The number of thioether (sulfide) groups is 1. The smallest absolute Gasteiger partial charge is 0.470 e. The average Bonchev–Trinajstić information content (AvgIpc) is 1.14. The molecule has 0 N–H and O–H groups in total. The van der Waals surface area contributed by atoms with Gasteiger partial charge in [-0.25, -0.2) is 0 Å². The first kappa shape index (κ1) is 96.4. The number of hydrogen-bond acceptors (Lipinski definition) is 24. The number of ketones is 3. The van der Waals surface area contributed by atoms with E-state index in [0.717, 1.165) is 71.7 Å². The summed E-state index contributed by atoms with van der Waals surface area (Å²) in [4.78, 5) is 45.4. The fourth-order valence-corrected chi connectivity index (χ4v) is 23.0. The van der Waals surface area contributed by atoms with Crippen molar-refractivity contribution in [1.82, 2.24) is 0 Å². The molecule has 119 heavy (non-hydrogen) atoms. The SMILES string of the molecule is CC(=O)c1ccc(Sc2ccc([S+](c3ccc(Sc4ccc(C(C)=O)cc4)cc3)c3ccc(Sc4ccc(C(C)=O)cc4)cc3)cc2)cc1.CCCCCCCCS(=O)(=O)O/N=C(\C#N)c1ccc(OC)cc1.CS(=O)(=O)[C-](S(=O)(=O)C(F)(F)F)S(=O)(=O)C(F)(F)F.Cc1ccc(S(=O)(=O)ON=C2SC=C/C2=C(/C#N)c2ccccc2C)cc1. The van der Waals surface area contributed by atoms with Crippen molar-refractivity contribution in [3.63, 3.8) is 0 Å². The molecule has 1 heterocycles. The third-order valence-electron chi connectivity index (χ3n) is 16.4. The molecule has 0 atom stereocenters. The largest absolute Gasteiger partial charge is 0.497 e. The van der Waals surface area contributed by atoms with Gasteiger partial charge in [0.2, 0.25) is 0 Å². The van der Waals surface area contributed by atoms with E-state index in [1.165, 1.54) is 52.1 Å². The summed E-state index contributed by atoms with van der Waals surface area (Å²) >= 11 is 6.24. The number of halogens is 6. The third kappa shape index (κ3) is 28.2. The first-order chi connectivity index (χ1) is 56.0. The standard InChI is InChI=1S/C42H33O3S4.C20H16N2O3S2.C17H24N2O4S.C4H3F6O6S3/c1-28(43)31-4-10-34(11-5-31)46-37-16-22-40(23-17-37)49(41-24-18-38(19-25-41)47-35-12-6-32(7-13-35)29(2)44)42-26-20-39(21-27-42)48-36-14-8-33(9-15-36)30(3)45;1-14-7-9-16(10-8-14)27(23,24)25-22-20-18(11-12-26-20)19(13-21)17-6-4-3-5-15(17)2;1-3-4-5-6-7-8-13-24(20,21)23-19-17(14-18)15-9-11-16(22-2)12-10-15;1-17(11,12)2(18(13,14)3(5,6)7)19(15,16)4(8,9)10/h4-27H,1-3H3;3-12H,1-2H3;9-12H,3-8,13H2,1-2H3;1H3/q+1;;;-1/b;19-18+,22-20?;19-17+;. The molecular formula is C83H76F6N4O16S10. The van der Waals surface area contributed by atoms with Crippen LogP contribution in [0.5, 0.6) is 5.75 Å². The summed E-state index contributed by atoms with van der Waals surface area (Å²) in [5.41, 5.74) is -6.91. The number of aryl methyl sites for hydroxylation is 2. The highest BCUT2D eigenvalue weighted by Crippen LogP contribution is 2.44. The molecule has 9 aromatic rings. The van der Waals surface area contributed by atoms with Crippen LogP contribution in [0.25, 0.3) is 5.57 Å². The van der Waals surface area contributed by atoms with Crippen LogP contribution in [-0.2, 0) is 69.2 Å². The molecule has 0 bridgehead atoms. The summed E-state index contributed by atoms with van der Waals surface area (Å²) in [6, 6.07) is 73.9. The monoisotopic (exact) mass is 1820 g/mol. The number of benzene rings is 9. The fraction of sp³-hybridized carbons (Fsp3) is 0.205. The van der Waals surface area contributed by atoms with E-state index in [9.17, 15) is 88.1 Å². The fourth-order valence-electron chi connectivity index (χ4n) is 10.3. The number of allylic oxidation sites excluding steroid dienone is 2. The zero-order chi connectivity index (χ0) is 87.7. The average molecular weight is 1820 g/mol. The number of unbranched alkanes of at least 4 members (excludes halogenated alkanes) is 5. The highest BCUT2D eigenvalue weighted by molar-refractivity contribution is 8.29. The van der Waals surface area contributed by atoms with E-state index >= 15 is 0 Å². The molecule has 9 aromatic carbocycles. The number of hydrogen-bond donors (Lipinski definition) is 0. The van der Waals surface area contributed by atoms with Crippen molar-refractivity contribution in [3.8, 4) is 17.9 Å². The quantitative estimate of drug-likeness (QED) is 0.00590. The molecule has 36 heteroatoms. The molecule has 0 saturated carbocycles. The summed E-state index contributed by atoms with van der Waals surface area (Å²) in [7, 11) is -26.9. The van der Waals surface area contributed by atoms with Gasteiger partial charge in [0, 0.05) is 63.5 Å². The van der Waals surface area contributed by atoms with Crippen LogP contribution in [0.2, 0.25) is 0 Å². The summed E-state index contributed by atoms with van der Waals surface area (Å²) in [6.07, 6.45) is 7.15. The van der Waals surface area contributed by atoms with Crippen LogP contribution in [0.15, 0.2) is 295 Å². The molecule has 20 nitrogen and oxygen atoms in total. The van der Waals surface area contributed by atoms with Crippen LogP contribution in [0.1, 0.15) is 120 Å². The first-order valence-corrected chi connectivity index (χ1v) is 47.7. The van der Waals surface area contributed by atoms with E-state index in [2.05, 4.69) is 100 Å². The number of nitrogens with zero attached hydrogens (tertiary/aromatic N) is 4. The molecule has 0 fully saturated rings. The van der Waals surface area contributed by atoms with E-state index in [1.54, 1.807) is 104 Å². The molecule has 0 unspecified atom stereocenters. The van der Waals surface area contributed by atoms with Crippen molar-refractivity contribution in [1.29, 1.82) is 10.5 Å². The molecule has 1 aliphatic rings. The number of carbonyl (C=O) groups is 3. The Balaban J connectivity index is 0.000000237. The lowest BCUT2D eigenvalue weighted by Gasteiger charge is -2.29. The molecule has 1 aliphatic heterocycles. The van der Waals surface area contributed by atoms with Crippen LogP contribution in [-0.4, -0.2) is 100 Å². The van der Waals surface area contributed by atoms with Crippen molar-refractivity contribution < 1.29 is 96.1 Å². The maximum Gasteiger partial charge on any atom is 0.470 e. The molecule has 0 spiro atoms. The van der Waals surface area contributed by atoms with Crippen LogP contribution in [0, 0.1) is 40.4 Å². The maximum absolute atomic E-state index is 12.3. The minimum Gasteiger partial charge on any atom is -0.497 e. The lowest BCUT2D eigenvalue weighted by Crippen LogP contribution is -2.42. The molecular weight excluding hydrogens is 1740 g/mol. The van der Waals surface area contributed by atoms with E-state index in [1.807, 2.05) is 117 Å². The van der Waals surface area contributed by atoms with Crippen molar-refractivity contribution in [2.75, 3.05) is 19.1 Å². The Morgan fingerprint density at radius 2 is 0.891 bits per heavy atom. The Hall–Kier alpha value is -9.73. The molecule has 0 aromatic heterocycles. The van der Waals surface area contributed by atoms with Crippen LogP contribution in [0.4, 0.5) is 26.3 Å². The Kier molecular flexibility index (Phi) is 35.2. The summed E-state index contributed by atoms with van der Waals surface area (Å²) in [6.45, 7) is 10.7. The lowest BCUT2D eigenvalue weighted by atomic mass is 9.97. The number of methoxy groups -OCH3 is 1. The Morgan fingerprint density at radius 3 is 1.25 bits per heavy atom. The van der Waals surface area contributed by atoms with Gasteiger partial charge >= 0.3 is 31.3 Å². The van der Waals surface area contributed by atoms with E-state index < -0.39 is 70.9 Å². The third-order valence-corrected chi connectivity index (χ3v) is 31.9. The number of sulfone groups is 3. The highest BCUT2D eigenvalue weighted by Gasteiger charge is 2.57. The number of oxime groups is 2. The van der Waals surface area contributed by atoms with Gasteiger partial charge in [-0.05, 0) is 209 Å². The minimum atomic E-state index is -7.22. The normalized spacial score (nSPS) is 13.3.